The lowest BCUT2D eigenvalue weighted by Crippen LogP contribution is -2.35. The SMILES string of the molecule is C=CCOC(=O)C(C)(C)N=NC(C)(C)C(=O)OCC=C. The maximum atomic E-state index is 11.7. The Morgan fingerprint density at radius 3 is 1.45 bits per heavy atom. The third-order valence-corrected chi connectivity index (χ3v) is 2.21. The van der Waals surface area contributed by atoms with Crippen molar-refractivity contribution in [2.75, 3.05) is 13.2 Å². The summed E-state index contributed by atoms with van der Waals surface area (Å²) in [6.45, 7) is 13.3. The van der Waals surface area contributed by atoms with Crippen molar-refractivity contribution in [2.24, 2.45) is 10.2 Å². The van der Waals surface area contributed by atoms with Gasteiger partial charge in [0.25, 0.3) is 0 Å². The normalized spacial score (nSPS) is 12.0. The van der Waals surface area contributed by atoms with Crippen LogP contribution < -0.4 is 0 Å². The number of azo groups is 1. The second kappa shape index (κ2) is 7.57. The largest absolute Gasteiger partial charge is 0.460 e. The van der Waals surface area contributed by atoms with Gasteiger partial charge in [-0.3, -0.25) is 0 Å². The molecule has 0 aromatic rings. The van der Waals surface area contributed by atoms with Crippen molar-refractivity contribution in [3.63, 3.8) is 0 Å². The average molecular weight is 282 g/mol. The van der Waals surface area contributed by atoms with E-state index in [4.69, 9.17) is 9.47 Å². The first-order valence-corrected chi connectivity index (χ1v) is 6.17. The van der Waals surface area contributed by atoms with Crippen molar-refractivity contribution in [2.45, 2.75) is 38.8 Å². The van der Waals surface area contributed by atoms with Crippen LogP contribution in [0.4, 0.5) is 0 Å². The smallest absolute Gasteiger partial charge is 0.335 e. The second-order valence-corrected chi connectivity index (χ2v) is 5.09. The van der Waals surface area contributed by atoms with Gasteiger partial charge in [0, 0.05) is 0 Å². The predicted octanol–water partition coefficient (Wildman–Crippen LogP) is 2.45. The van der Waals surface area contributed by atoms with Crippen molar-refractivity contribution in [3.05, 3.63) is 25.3 Å². The Morgan fingerprint density at radius 1 is 0.900 bits per heavy atom. The fourth-order valence-electron chi connectivity index (χ4n) is 0.954. The molecule has 0 amide bonds. The van der Waals surface area contributed by atoms with Crippen LogP contribution in [0.5, 0.6) is 0 Å². The summed E-state index contributed by atoms with van der Waals surface area (Å²) in [6.07, 6.45) is 2.92. The quantitative estimate of drug-likeness (QED) is 0.389. The van der Waals surface area contributed by atoms with Crippen LogP contribution in [0.25, 0.3) is 0 Å². The molecular weight excluding hydrogens is 260 g/mol. The predicted molar refractivity (Wildman–Crippen MR) is 75.3 cm³/mol. The second-order valence-electron chi connectivity index (χ2n) is 5.09. The Bertz CT molecular complexity index is 373. The van der Waals surface area contributed by atoms with Crippen LogP contribution in [0.1, 0.15) is 27.7 Å². The lowest BCUT2D eigenvalue weighted by atomic mass is 10.1. The molecule has 6 heteroatoms. The summed E-state index contributed by atoms with van der Waals surface area (Å²) in [5.41, 5.74) is -2.36. The summed E-state index contributed by atoms with van der Waals surface area (Å²) in [6, 6.07) is 0. The molecule has 0 radical (unpaired) electrons. The van der Waals surface area contributed by atoms with Gasteiger partial charge in [0.1, 0.15) is 13.2 Å². The molecule has 0 aromatic heterocycles. The van der Waals surface area contributed by atoms with Gasteiger partial charge in [0.05, 0.1) is 0 Å². The van der Waals surface area contributed by atoms with Crippen molar-refractivity contribution in [1.82, 2.24) is 0 Å². The van der Waals surface area contributed by atoms with E-state index in [-0.39, 0.29) is 13.2 Å². The van der Waals surface area contributed by atoms with E-state index < -0.39 is 23.0 Å². The van der Waals surface area contributed by atoms with E-state index in [1.165, 1.54) is 12.2 Å². The van der Waals surface area contributed by atoms with Crippen LogP contribution in [0.2, 0.25) is 0 Å². The molecule has 0 aromatic carbocycles. The first-order chi connectivity index (χ1) is 9.17. The fourth-order valence-corrected chi connectivity index (χ4v) is 0.954. The minimum atomic E-state index is -1.18. The van der Waals surface area contributed by atoms with Crippen LogP contribution in [0, 0.1) is 0 Å². The maximum Gasteiger partial charge on any atom is 0.335 e. The Balaban J connectivity index is 4.79. The van der Waals surface area contributed by atoms with E-state index in [1.54, 1.807) is 27.7 Å². The van der Waals surface area contributed by atoms with Gasteiger partial charge in [-0.15, -0.1) is 0 Å². The number of esters is 2. The lowest BCUT2D eigenvalue weighted by Gasteiger charge is -2.20. The molecule has 0 aliphatic rings. The molecule has 0 bridgehead atoms. The zero-order chi connectivity index (χ0) is 15.8. The van der Waals surface area contributed by atoms with E-state index in [9.17, 15) is 9.59 Å². The van der Waals surface area contributed by atoms with Crippen LogP contribution in [0.15, 0.2) is 35.5 Å². The highest BCUT2D eigenvalue weighted by atomic mass is 16.5. The molecule has 0 heterocycles. The Kier molecular flexibility index (Phi) is 6.82. The molecule has 0 atom stereocenters. The van der Waals surface area contributed by atoms with Gasteiger partial charge >= 0.3 is 11.9 Å². The van der Waals surface area contributed by atoms with Crippen molar-refractivity contribution in [3.8, 4) is 0 Å². The summed E-state index contributed by atoms with van der Waals surface area (Å²) in [5, 5.41) is 7.80. The summed E-state index contributed by atoms with van der Waals surface area (Å²) in [7, 11) is 0. The number of hydrogen-bond acceptors (Lipinski definition) is 6. The minimum Gasteiger partial charge on any atom is -0.460 e. The van der Waals surface area contributed by atoms with Crippen LogP contribution >= 0.6 is 0 Å². The van der Waals surface area contributed by atoms with E-state index in [0.717, 1.165) is 0 Å². The molecule has 0 rings (SSSR count). The molecule has 0 fully saturated rings. The molecule has 0 unspecified atom stereocenters. The Hall–Kier alpha value is -1.98. The molecule has 0 saturated heterocycles. The topological polar surface area (TPSA) is 77.3 Å². The molecule has 6 nitrogen and oxygen atoms in total. The van der Waals surface area contributed by atoms with Gasteiger partial charge in [0.2, 0.25) is 0 Å². The van der Waals surface area contributed by atoms with E-state index in [2.05, 4.69) is 23.4 Å². The monoisotopic (exact) mass is 282 g/mol. The van der Waals surface area contributed by atoms with Gasteiger partial charge in [-0.2, -0.15) is 10.2 Å². The van der Waals surface area contributed by atoms with Crippen LogP contribution in [-0.2, 0) is 19.1 Å². The zero-order valence-corrected chi connectivity index (χ0v) is 12.5. The molecular formula is C14H22N2O4. The zero-order valence-electron chi connectivity index (χ0n) is 12.5. The van der Waals surface area contributed by atoms with Crippen molar-refractivity contribution >= 4 is 11.9 Å². The molecule has 20 heavy (non-hydrogen) atoms. The van der Waals surface area contributed by atoms with E-state index >= 15 is 0 Å². The van der Waals surface area contributed by atoms with Crippen molar-refractivity contribution < 1.29 is 19.1 Å². The molecule has 112 valence electrons. The van der Waals surface area contributed by atoms with Crippen LogP contribution in [-0.4, -0.2) is 36.2 Å². The summed E-state index contributed by atoms with van der Waals surface area (Å²) in [5.74, 6) is -1.09. The minimum absolute atomic E-state index is 0.0998. The summed E-state index contributed by atoms with van der Waals surface area (Å²) < 4.78 is 9.81. The first-order valence-electron chi connectivity index (χ1n) is 6.17. The number of nitrogens with zero attached hydrogens (tertiary/aromatic N) is 2. The lowest BCUT2D eigenvalue weighted by molar-refractivity contribution is -0.149. The summed E-state index contributed by atoms with van der Waals surface area (Å²) >= 11 is 0. The van der Waals surface area contributed by atoms with E-state index in [1.807, 2.05) is 0 Å². The van der Waals surface area contributed by atoms with Gasteiger partial charge in [0.15, 0.2) is 11.1 Å². The molecule has 0 aliphatic carbocycles. The Morgan fingerprint density at radius 2 is 1.20 bits per heavy atom. The number of rotatable bonds is 8. The number of ether oxygens (including phenoxy) is 2. The highest BCUT2D eigenvalue weighted by Gasteiger charge is 2.33. The maximum absolute atomic E-state index is 11.7. The Labute approximate surface area is 119 Å². The highest BCUT2D eigenvalue weighted by molar-refractivity contribution is 5.81. The van der Waals surface area contributed by atoms with E-state index in [0.29, 0.717) is 0 Å². The molecule has 0 N–H and O–H groups in total. The highest BCUT2D eigenvalue weighted by Crippen LogP contribution is 2.18. The number of hydrogen-bond donors (Lipinski definition) is 0. The third-order valence-electron chi connectivity index (χ3n) is 2.21. The average Bonchev–Trinajstić information content (AvgIpc) is 2.39. The molecule has 0 aliphatic heterocycles. The van der Waals surface area contributed by atoms with Gasteiger partial charge in [-0.1, -0.05) is 25.3 Å². The van der Waals surface area contributed by atoms with Crippen LogP contribution in [0.3, 0.4) is 0 Å². The number of carbonyl (C=O) groups excluding carboxylic acids is 2. The van der Waals surface area contributed by atoms with Gasteiger partial charge in [-0.05, 0) is 27.7 Å². The van der Waals surface area contributed by atoms with Gasteiger partial charge < -0.3 is 9.47 Å². The first kappa shape index (κ1) is 18.0. The number of carbonyl (C=O) groups is 2. The molecule has 0 saturated carbocycles. The third kappa shape index (κ3) is 5.77. The fraction of sp³-hybridized carbons (Fsp3) is 0.571. The molecule has 0 spiro atoms. The standard InChI is InChI=1S/C14H22N2O4/c1-7-9-19-11(17)13(3,4)15-16-14(5,6)12(18)20-10-8-2/h7-8H,1-2,9-10H2,3-6H3. The van der Waals surface area contributed by atoms with Gasteiger partial charge in [-0.25, -0.2) is 9.59 Å². The summed E-state index contributed by atoms with van der Waals surface area (Å²) in [4.78, 5) is 23.5. The van der Waals surface area contributed by atoms with Crippen molar-refractivity contribution in [1.29, 1.82) is 0 Å².